The Kier molecular flexibility index (Phi) is 6.46. The zero-order chi connectivity index (χ0) is 14.1. The summed E-state index contributed by atoms with van der Waals surface area (Å²) >= 11 is 0. The van der Waals surface area contributed by atoms with E-state index in [1.807, 2.05) is 44.2 Å². The lowest BCUT2D eigenvalue weighted by Crippen LogP contribution is -2.35. The average Bonchev–Trinajstić information content (AvgIpc) is 2.46. The van der Waals surface area contributed by atoms with Crippen LogP contribution in [0.3, 0.4) is 0 Å². The van der Waals surface area contributed by atoms with Crippen LogP contribution in [0.15, 0.2) is 43.0 Å². The molecule has 0 heterocycles. The van der Waals surface area contributed by atoms with E-state index in [-0.39, 0.29) is 11.8 Å². The molecule has 0 aliphatic heterocycles. The third kappa shape index (κ3) is 5.01. The molecule has 1 rings (SSSR count). The number of amides is 1. The van der Waals surface area contributed by atoms with E-state index in [1.54, 1.807) is 11.0 Å². The highest BCUT2D eigenvalue weighted by Gasteiger charge is 2.16. The smallest absolute Gasteiger partial charge is 0.226 e. The maximum absolute atomic E-state index is 12.1. The van der Waals surface area contributed by atoms with Crippen LogP contribution >= 0.6 is 0 Å². The molecular weight excluding hydrogens is 234 g/mol. The normalized spacial score (nSPS) is 11.1. The van der Waals surface area contributed by atoms with Crippen LogP contribution in [0.4, 0.5) is 0 Å². The van der Waals surface area contributed by atoms with Crippen molar-refractivity contribution in [2.24, 2.45) is 5.92 Å². The molecule has 1 aromatic rings. The van der Waals surface area contributed by atoms with E-state index in [9.17, 15) is 4.79 Å². The summed E-state index contributed by atoms with van der Waals surface area (Å²) in [6.07, 6.45) is 2.59. The van der Waals surface area contributed by atoms with Crippen molar-refractivity contribution in [3.05, 3.63) is 48.6 Å². The fourth-order valence-electron chi connectivity index (χ4n) is 1.63. The zero-order valence-corrected chi connectivity index (χ0v) is 11.7. The van der Waals surface area contributed by atoms with Gasteiger partial charge in [-0.25, -0.2) is 0 Å². The minimum Gasteiger partial charge on any atom is -0.328 e. The molecule has 0 radical (unpaired) electrons. The number of hydrogen-bond donors (Lipinski definition) is 0. The zero-order valence-electron chi connectivity index (χ0n) is 11.7. The molecule has 0 bridgehead atoms. The molecule has 0 aliphatic rings. The first-order valence-electron chi connectivity index (χ1n) is 6.62. The summed E-state index contributed by atoms with van der Waals surface area (Å²) in [7, 11) is 0. The van der Waals surface area contributed by atoms with Gasteiger partial charge in [-0.3, -0.25) is 4.79 Å². The Labute approximate surface area is 116 Å². The lowest BCUT2D eigenvalue weighted by Gasteiger charge is -2.21. The molecule has 0 unspecified atom stereocenters. The van der Waals surface area contributed by atoms with Crippen LogP contribution in [0.5, 0.6) is 0 Å². The van der Waals surface area contributed by atoms with Gasteiger partial charge in [0.15, 0.2) is 0 Å². The van der Waals surface area contributed by atoms with Crippen molar-refractivity contribution in [1.82, 2.24) is 4.90 Å². The van der Waals surface area contributed by atoms with Gasteiger partial charge in [0.05, 0.1) is 6.54 Å². The number of hydrogen-bond acceptors (Lipinski definition) is 1. The molecule has 0 saturated heterocycles. The van der Waals surface area contributed by atoms with Crippen molar-refractivity contribution < 1.29 is 4.79 Å². The Balaban J connectivity index is 2.67. The number of benzene rings is 1. The Bertz CT molecular complexity index is 467. The molecule has 0 fully saturated rings. The summed E-state index contributed by atoms with van der Waals surface area (Å²) in [5, 5.41) is 0. The predicted molar refractivity (Wildman–Crippen MR) is 79.6 cm³/mol. The Morgan fingerprint density at radius 1 is 1.42 bits per heavy atom. The molecule has 0 N–H and O–H groups in total. The second kappa shape index (κ2) is 8.16. The van der Waals surface area contributed by atoms with Gasteiger partial charge in [0.1, 0.15) is 0 Å². The maximum Gasteiger partial charge on any atom is 0.226 e. The molecule has 1 aromatic carbocycles. The Morgan fingerprint density at radius 2 is 2.11 bits per heavy atom. The van der Waals surface area contributed by atoms with Crippen LogP contribution < -0.4 is 0 Å². The topological polar surface area (TPSA) is 20.3 Å². The molecule has 19 heavy (non-hydrogen) atoms. The molecule has 2 heteroatoms. The molecule has 100 valence electrons. The lowest BCUT2D eigenvalue weighted by atomic mass is 10.1. The Hall–Kier alpha value is -2.01. The van der Waals surface area contributed by atoms with Gasteiger partial charge in [0.2, 0.25) is 5.91 Å². The molecule has 2 nitrogen and oxygen atoms in total. The molecule has 0 saturated carbocycles. The van der Waals surface area contributed by atoms with Crippen molar-refractivity contribution in [3.8, 4) is 11.8 Å². The summed E-state index contributed by atoms with van der Waals surface area (Å²) < 4.78 is 0. The van der Waals surface area contributed by atoms with Gasteiger partial charge in [-0.1, -0.05) is 50.0 Å². The van der Waals surface area contributed by atoms with Crippen LogP contribution in [-0.2, 0) is 4.79 Å². The van der Waals surface area contributed by atoms with Crippen molar-refractivity contribution >= 4 is 5.91 Å². The fourth-order valence-corrected chi connectivity index (χ4v) is 1.63. The second-order valence-electron chi connectivity index (χ2n) is 4.48. The summed E-state index contributed by atoms with van der Waals surface area (Å²) in [5.74, 6) is 6.30. The molecule has 0 aliphatic carbocycles. The number of nitrogens with zero attached hydrogens (tertiary/aromatic N) is 1. The second-order valence-corrected chi connectivity index (χ2v) is 4.48. The Morgan fingerprint density at radius 3 is 2.68 bits per heavy atom. The van der Waals surface area contributed by atoms with E-state index < -0.39 is 0 Å². The van der Waals surface area contributed by atoms with Crippen LogP contribution in [0.1, 0.15) is 25.8 Å². The maximum atomic E-state index is 12.1. The molecule has 1 amide bonds. The predicted octanol–water partition coefficient (Wildman–Crippen LogP) is 3.10. The largest absolute Gasteiger partial charge is 0.328 e. The van der Waals surface area contributed by atoms with E-state index in [1.165, 1.54) is 0 Å². The highest BCUT2D eigenvalue weighted by molar-refractivity contribution is 5.78. The highest BCUT2D eigenvalue weighted by atomic mass is 16.2. The summed E-state index contributed by atoms with van der Waals surface area (Å²) in [5.41, 5.74) is 0.969. The monoisotopic (exact) mass is 255 g/mol. The van der Waals surface area contributed by atoms with E-state index in [2.05, 4.69) is 18.4 Å². The van der Waals surface area contributed by atoms with Crippen LogP contribution in [0, 0.1) is 17.8 Å². The summed E-state index contributed by atoms with van der Waals surface area (Å²) in [4.78, 5) is 13.9. The van der Waals surface area contributed by atoms with Crippen molar-refractivity contribution in [2.75, 3.05) is 13.1 Å². The van der Waals surface area contributed by atoms with E-state index >= 15 is 0 Å². The van der Waals surface area contributed by atoms with E-state index in [0.717, 1.165) is 12.0 Å². The number of carbonyl (C=O) groups is 1. The van der Waals surface area contributed by atoms with Gasteiger partial charge in [-0.2, -0.15) is 0 Å². The van der Waals surface area contributed by atoms with E-state index in [4.69, 9.17) is 0 Å². The standard InChI is InChI=1S/C17H21NO/c1-4-13-18(17(19)15(3)5-2)14-9-12-16-10-7-6-8-11-16/h4,6-8,10-11,15H,1,5,13-14H2,2-3H3/t15-/m1/s1. The minimum atomic E-state index is 0.0403. The van der Waals surface area contributed by atoms with Crippen molar-refractivity contribution in [2.45, 2.75) is 20.3 Å². The van der Waals surface area contributed by atoms with Gasteiger partial charge >= 0.3 is 0 Å². The van der Waals surface area contributed by atoms with Crippen LogP contribution in [0.25, 0.3) is 0 Å². The molecule has 0 spiro atoms. The first-order valence-corrected chi connectivity index (χ1v) is 6.62. The molecular formula is C17H21NO. The van der Waals surface area contributed by atoms with Gasteiger partial charge in [-0.15, -0.1) is 6.58 Å². The first-order chi connectivity index (χ1) is 9.19. The fraction of sp³-hybridized carbons (Fsp3) is 0.353. The van der Waals surface area contributed by atoms with Gasteiger partial charge in [0.25, 0.3) is 0 Å². The third-order valence-electron chi connectivity index (χ3n) is 2.97. The minimum absolute atomic E-state index is 0.0403. The van der Waals surface area contributed by atoms with Crippen LogP contribution in [0.2, 0.25) is 0 Å². The molecule has 1 atom stereocenters. The van der Waals surface area contributed by atoms with Gasteiger partial charge < -0.3 is 4.90 Å². The van der Waals surface area contributed by atoms with Crippen LogP contribution in [-0.4, -0.2) is 23.9 Å². The van der Waals surface area contributed by atoms with Crippen molar-refractivity contribution in [3.63, 3.8) is 0 Å². The molecule has 0 aromatic heterocycles. The van der Waals surface area contributed by atoms with Gasteiger partial charge in [-0.05, 0) is 18.6 Å². The quantitative estimate of drug-likeness (QED) is 0.585. The average molecular weight is 255 g/mol. The number of carbonyl (C=O) groups excluding carboxylic acids is 1. The SMILES string of the molecule is C=CCN(CC#Cc1ccccc1)C(=O)[C@H](C)CC. The summed E-state index contributed by atoms with van der Waals surface area (Å²) in [6.45, 7) is 8.65. The van der Waals surface area contributed by atoms with E-state index in [0.29, 0.717) is 13.1 Å². The third-order valence-corrected chi connectivity index (χ3v) is 2.97. The number of rotatable bonds is 5. The summed E-state index contributed by atoms with van der Waals surface area (Å²) in [6, 6.07) is 9.79. The van der Waals surface area contributed by atoms with Gasteiger partial charge in [0, 0.05) is 18.0 Å². The first kappa shape index (κ1) is 15.0. The lowest BCUT2D eigenvalue weighted by molar-refractivity contribution is -0.133. The highest BCUT2D eigenvalue weighted by Crippen LogP contribution is 2.06. The van der Waals surface area contributed by atoms with Crippen molar-refractivity contribution in [1.29, 1.82) is 0 Å².